The highest BCUT2D eigenvalue weighted by Crippen LogP contribution is 2.33. The van der Waals surface area contributed by atoms with Crippen molar-refractivity contribution in [2.24, 2.45) is 17.8 Å². The van der Waals surface area contributed by atoms with Crippen LogP contribution in [0.25, 0.3) is 0 Å². The van der Waals surface area contributed by atoms with Crippen molar-refractivity contribution in [2.45, 2.75) is 25.9 Å². The van der Waals surface area contributed by atoms with Crippen molar-refractivity contribution >= 4 is 11.6 Å². The van der Waals surface area contributed by atoms with E-state index in [9.17, 15) is 5.11 Å². The number of aliphatic hydroxyl groups is 1. The minimum absolute atomic E-state index is 0.247. The first-order chi connectivity index (χ1) is 11.2. The summed E-state index contributed by atoms with van der Waals surface area (Å²) in [7, 11) is 0. The molecule has 1 aromatic rings. The number of aromatic nitrogens is 2. The van der Waals surface area contributed by atoms with Crippen LogP contribution in [0.1, 0.15) is 19.8 Å². The third kappa shape index (κ3) is 3.02. The summed E-state index contributed by atoms with van der Waals surface area (Å²) in [5.74, 6) is 3.76. The summed E-state index contributed by atoms with van der Waals surface area (Å²) in [6.07, 6.45) is 3.63. The Morgan fingerprint density at radius 3 is 2.65 bits per heavy atom. The Labute approximate surface area is 137 Å². The molecule has 0 spiro atoms. The molecule has 3 fully saturated rings. The summed E-state index contributed by atoms with van der Waals surface area (Å²) in [6.45, 7) is 7.64. The van der Waals surface area contributed by atoms with Crippen LogP contribution in [0.5, 0.6) is 0 Å². The van der Waals surface area contributed by atoms with E-state index in [4.69, 9.17) is 4.74 Å². The molecule has 6 nitrogen and oxygen atoms in total. The van der Waals surface area contributed by atoms with Crippen LogP contribution in [-0.2, 0) is 4.74 Å². The number of aliphatic hydroxyl groups excluding tert-OH is 1. The fraction of sp³-hybridized carbons (Fsp3) is 0.765. The number of hydrogen-bond acceptors (Lipinski definition) is 6. The minimum atomic E-state index is -0.247. The molecule has 1 N–H and O–H groups in total. The van der Waals surface area contributed by atoms with E-state index in [2.05, 4.69) is 25.8 Å². The van der Waals surface area contributed by atoms with Crippen molar-refractivity contribution in [3.63, 3.8) is 0 Å². The third-order valence-corrected chi connectivity index (χ3v) is 5.73. The van der Waals surface area contributed by atoms with Gasteiger partial charge in [0.25, 0.3) is 0 Å². The van der Waals surface area contributed by atoms with Crippen molar-refractivity contribution < 1.29 is 9.84 Å². The van der Waals surface area contributed by atoms with Gasteiger partial charge in [-0.15, -0.1) is 0 Å². The third-order valence-electron chi connectivity index (χ3n) is 5.73. The fourth-order valence-corrected chi connectivity index (χ4v) is 4.18. The topological polar surface area (TPSA) is 61.7 Å². The molecular formula is C17H26N4O2. The summed E-state index contributed by atoms with van der Waals surface area (Å²) in [5.41, 5.74) is 0. The van der Waals surface area contributed by atoms with Crippen molar-refractivity contribution in [3.05, 3.63) is 12.4 Å². The van der Waals surface area contributed by atoms with Crippen molar-refractivity contribution in [3.8, 4) is 0 Å². The van der Waals surface area contributed by atoms with Gasteiger partial charge in [-0.25, -0.2) is 9.97 Å². The van der Waals surface area contributed by atoms with Gasteiger partial charge in [-0.2, -0.15) is 0 Å². The molecule has 3 aliphatic heterocycles. The number of fused-ring (bicyclic) bond motifs is 1. The average Bonchev–Trinajstić information content (AvgIpc) is 3.22. The van der Waals surface area contributed by atoms with Crippen molar-refractivity contribution in [1.29, 1.82) is 0 Å². The maximum absolute atomic E-state index is 9.78. The molecule has 0 bridgehead atoms. The predicted octanol–water partition coefficient (Wildman–Crippen LogP) is 1.16. The van der Waals surface area contributed by atoms with Crippen LogP contribution in [-0.4, -0.2) is 60.6 Å². The van der Waals surface area contributed by atoms with Crippen LogP contribution >= 0.6 is 0 Å². The van der Waals surface area contributed by atoms with Crippen LogP contribution in [0.15, 0.2) is 12.4 Å². The second-order valence-electron chi connectivity index (χ2n) is 7.26. The number of nitrogens with zero attached hydrogens (tertiary/aromatic N) is 4. The zero-order chi connectivity index (χ0) is 15.8. The number of anilines is 2. The summed E-state index contributed by atoms with van der Waals surface area (Å²) in [6, 6.07) is 2.11. The molecule has 6 heteroatoms. The molecule has 4 heterocycles. The van der Waals surface area contributed by atoms with Crippen LogP contribution < -0.4 is 9.80 Å². The van der Waals surface area contributed by atoms with Gasteiger partial charge in [0.15, 0.2) is 0 Å². The molecular weight excluding hydrogens is 292 g/mol. The lowest BCUT2D eigenvalue weighted by molar-refractivity contribution is 0.0373. The van der Waals surface area contributed by atoms with E-state index in [1.54, 1.807) is 6.33 Å². The number of rotatable bonds is 3. The maximum atomic E-state index is 9.78. The second-order valence-corrected chi connectivity index (χ2v) is 7.26. The quantitative estimate of drug-likeness (QED) is 0.902. The molecule has 4 atom stereocenters. The lowest BCUT2D eigenvalue weighted by Gasteiger charge is -2.23. The Morgan fingerprint density at radius 1 is 1.13 bits per heavy atom. The Balaban J connectivity index is 1.47. The van der Waals surface area contributed by atoms with Gasteiger partial charge in [0.2, 0.25) is 0 Å². The number of ether oxygens (including phenoxy) is 1. The fourth-order valence-electron chi connectivity index (χ4n) is 4.18. The van der Waals surface area contributed by atoms with E-state index in [1.807, 2.05) is 6.92 Å². The van der Waals surface area contributed by atoms with Gasteiger partial charge in [-0.1, -0.05) is 0 Å². The average molecular weight is 318 g/mol. The van der Waals surface area contributed by atoms with Crippen LogP contribution in [0.4, 0.5) is 11.6 Å². The van der Waals surface area contributed by atoms with E-state index in [-0.39, 0.29) is 6.10 Å². The van der Waals surface area contributed by atoms with Crippen molar-refractivity contribution in [2.75, 3.05) is 49.2 Å². The molecule has 3 saturated heterocycles. The molecule has 3 aliphatic rings. The standard InChI is InChI=1S/C17H26N4O2/c1-12(22)13-2-4-20(7-13)16-6-17(19-11-18-16)21-8-14-3-5-23-10-15(14)9-21/h6,11-15,22H,2-5,7-10H2,1H3. The minimum Gasteiger partial charge on any atom is -0.393 e. The molecule has 0 aliphatic carbocycles. The lowest BCUT2D eigenvalue weighted by Crippen LogP contribution is -2.26. The second kappa shape index (κ2) is 6.24. The van der Waals surface area contributed by atoms with E-state index < -0.39 is 0 Å². The van der Waals surface area contributed by atoms with Crippen molar-refractivity contribution in [1.82, 2.24) is 9.97 Å². The molecule has 0 aromatic carbocycles. The molecule has 4 rings (SSSR count). The highest BCUT2D eigenvalue weighted by Gasteiger charge is 2.36. The summed E-state index contributed by atoms with van der Waals surface area (Å²) in [4.78, 5) is 13.6. The molecule has 0 amide bonds. The molecule has 4 unspecified atom stereocenters. The maximum Gasteiger partial charge on any atom is 0.134 e. The van der Waals surface area contributed by atoms with E-state index in [1.165, 1.54) is 6.42 Å². The summed E-state index contributed by atoms with van der Waals surface area (Å²) >= 11 is 0. The summed E-state index contributed by atoms with van der Waals surface area (Å²) in [5, 5.41) is 9.78. The van der Waals surface area contributed by atoms with Gasteiger partial charge in [0.05, 0.1) is 12.7 Å². The molecule has 0 saturated carbocycles. The van der Waals surface area contributed by atoms with Crippen LogP contribution in [0.2, 0.25) is 0 Å². The largest absolute Gasteiger partial charge is 0.393 e. The molecule has 0 radical (unpaired) electrons. The highest BCUT2D eigenvalue weighted by atomic mass is 16.5. The van der Waals surface area contributed by atoms with Gasteiger partial charge < -0.3 is 19.6 Å². The Bertz CT molecular complexity index is 539. The predicted molar refractivity (Wildman–Crippen MR) is 88.7 cm³/mol. The Kier molecular flexibility index (Phi) is 4.11. The monoisotopic (exact) mass is 318 g/mol. The van der Waals surface area contributed by atoms with E-state index >= 15 is 0 Å². The zero-order valence-corrected chi connectivity index (χ0v) is 13.8. The first-order valence-electron chi connectivity index (χ1n) is 8.78. The first-order valence-corrected chi connectivity index (χ1v) is 8.78. The van der Waals surface area contributed by atoms with Crippen LogP contribution in [0.3, 0.4) is 0 Å². The Hall–Kier alpha value is -1.40. The molecule has 126 valence electrons. The molecule has 1 aromatic heterocycles. The van der Waals surface area contributed by atoms with Gasteiger partial charge in [-0.3, -0.25) is 0 Å². The summed E-state index contributed by atoms with van der Waals surface area (Å²) < 4.78 is 5.62. The van der Waals surface area contributed by atoms with E-state index in [0.717, 1.165) is 63.4 Å². The molecule has 23 heavy (non-hydrogen) atoms. The first kappa shape index (κ1) is 15.1. The van der Waals surface area contributed by atoms with E-state index in [0.29, 0.717) is 11.8 Å². The van der Waals surface area contributed by atoms with Gasteiger partial charge in [0.1, 0.15) is 18.0 Å². The Morgan fingerprint density at radius 2 is 1.91 bits per heavy atom. The van der Waals surface area contributed by atoms with Gasteiger partial charge in [0, 0.05) is 50.7 Å². The smallest absolute Gasteiger partial charge is 0.134 e. The SMILES string of the molecule is CC(O)C1CCN(c2cc(N3CC4CCOCC4C3)ncn2)C1. The van der Waals surface area contributed by atoms with Gasteiger partial charge in [-0.05, 0) is 25.7 Å². The number of hydrogen-bond donors (Lipinski definition) is 1. The van der Waals surface area contributed by atoms with Gasteiger partial charge >= 0.3 is 0 Å². The lowest BCUT2D eigenvalue weighted by atomic mass is 9.92. The van der Waals surface area contributed by atoms with Crippen LogP contribution in [0, 0.1) is 17.8 Å². The highest BCUT2D eigenvalue weighted by molar-refractivity contribution is 5.51. The zero-order valence-electron chi connectivity index (χ0n) is 13.8. The normalized spacial score (nSPS) is 32.2.